The summed E-state index contributed by atoms with van der Waals surface area (Å²) >= 11 is 0. The molecule has 4 nitrogen and oxygen atoms in total. The van der Waals surface area contributed by atoms with E-state index in [4.69, 9.17) is 0 Å². The molecule has 0 amide bonds. The summed E-state index contributed by atoms with van der Waals surface area (Å²) in [5.41, 5.74) is 4.09. The molecule has 1 heterocycles. The van der Waals surface area contributed by atoms with Crippen molar-refractivity contribution in [3.63, 3.8) is 0 Å². The minimum atomic E-state index is 0.800. The Balaban J connectivity index is 2.15. The number of benzene rings is 2. The molecular formula is C15H14N4. The van der Waals surface area contributed by atoms with Gasteiger partial charge in [0.15, 0.2) is 5.84 Å². The third kappa shape index (κ3) is 2.01. The SMILES string of the molecule is CN=C(c1ccc(C)cc1)n1nnc2ccccc21. The largest absolute Gasteiger partial charge is 0.270 e. The van der Waals surface area contributed by atoms with E-state index in [-0.39, 0.29) is 0 Å². The third-order valence-electron chi connectivity index (χ3n) is 3.07. The zero-order chi connectivity index (χ0) is 13.2. The van der Waals surface area contributed by atoms with Gasteiger partial charge in [-0.25, -0.2) is 0 Å². The van der Waals surface area contributed by atoms with E-state index in [1.807, 2.05) is 36.4 Å². The molecule has 0 saturated heterocycles. The van der Waals surface area contributed by atoms with Gasteiger partial charge in [-0.1, -0.05) is 47.2 Å². The predicted octanol–water partition coefficient (Wildman–Crippen LogP) is 2.66. The van der Waals surface area contributed by atoms with Crippen molar-refractivity contribution in [2.45, 2.75) is 6.92 Å². The fourth-order valence-corrected chi connectivity index (χ4v) is 2.07. The maximum absolute atomic E-state index is 4.36. The maximum Gasteiger partial charge on any atom is 0.158 e. The quantitative estimate of drug-likeness (QED) is 0.492. The van der Waals surface area contributed by atoms with E-state index >= 15 is 0 Å². The zero-order valence-corrected chi connectivity index (χ0v) is 10.9. The Labute approximate surface area is 111 Å². The molecule has 0 aliphatic carbocycles. The highest BCUT2D eigenvalue weighted by molar-refractivity contribution is 6.03. The van der Waals surface area contributed by atoms with E-state index in [0.29, 0.717) is 0 Å². The molecule has 2 aromatic carbocycles. The number of aromatic nitrogens is 3. The minimum absolute atomic E-state index is 0.800. The predicted molar refractivity (Wildman–Crippen MR) is 76.6 cm³/mol. The van der Waals surface area contributed by atoms with Gasteiger partial charge in [-0.15, -0.1) is 5.10 Å². The summed E-state index contributed by atoms with van der Waals surface area (Å²) in [6.07, 6.45) is 0. The molecule has 3 aromatic rings. The summed E-state index contributed by atoms with van der Waals surface area (Å²) in [6.45, 7) is 2.07. The van der Waals surface area contributed by atoms with Crippen molar-refractivity contribution in [2.24, 2.45) is 4.99 Å². The lowest BCUT2D eigenvalue weighted by molar-refractivity contribution is 0.859. The van der Waals surface area contributed by atoms with Crippen molar-refractivity contribution in [1.82, 2.24) is 15.0 Å². The van der Waals surface area contributed by atoms with E-state index < -0.39 is 0 Å². The monoisotopic (exact) mass is 250 g/mol. The van der Waals surface area contributed by atoms with Gasteiger partial charge in [0.25, 0.3) is 0 Å². The van der Waals surface area contributed by atoms with Crippen molar-refractivity contribution in [3.05, 3.63) is 59.7 Å². The van der Waals surface area contributed by atoms with Crippen LogP contribution in [-0.4, -0.2) is 27.9 Å². The molecule has 0 unspecified atom stereocenters. The highest BCUT2D eigenvalue weighted by Crippen LogP contribution is 2.13. The Morgan fingerprint density at radius 1 is 1.05 bits per heavy atom. The summed E-state index contributed by atoms with van der Waals surface area (Å²) in [6, 6.07) is 16.1. The Morgan fingerprint density at radius 3 is 2.53 bits per heavy atom. The van der Waals surface area contributed by atoms with Crippen LogP contribution >= 0.6 is 0 Å². The Morgan fingerprint density at radius 2 is 1.79 bits per heavy atom. The van der Waals surface area contributed by atoms with Crippen molar-refractivity contribution < 1.29 is 0 Å². The van der Waals surface area contributed by atoms with Crippen LogP contribution in [0.2, 0.25) is 0 Å². The van der Waals surface area contributed by atoms with Gasteiger partial charge in [-0.3, -0.25) is 4.99 Å². The lowest BCUT2D eigenvalue weighted by Gasteiger charge is -2.06. The van der Waals surface area contributed by atoms with Crippen molar-refractivity contribution >= 4 is 16.9 Å². The second kappa shape index (κ2) is 4.65. The average molecular weight is 250 g/mol. The van der Waals surface area contributed by atoms with Crippen LogP contribution in [0.3, 0.4) is 0 Å². The van der Waals surface area contributed by atoms with E-state index in [1.165, 1.54) is 5.56 Å². The van der Waals surface area contributed by atoms with Gasteiger partial charge < -0.3 is 0 Å². The molecule has 0 fully saturated rings. The number of aryl methyl sites for hydroxylation is 1. The number of para-hydroxylation sites is 1. The summed E-state index contributed by atoms with van der Waals surface area (Å²) in [4.78, 5) is 4.36. The first-order valence-electron chi connectivity index (χ1n) is 6.14. The van der Waals surface area contributed by atoms with Crippen LogP contribution in [0.4, 0.5) is 0 Å². The first-order valence-corrected chi connectivity index (χ1v) is 6.14. The highest BCUT2D eigenvalue weighted by atomic mass is 15.4. The normalized spacial score (nSPS) is 12.0. The molecule has 0 saturated carbocycles. The summed E-state index contributed by atoms with van der Waals surface area (Å²) < 4.78 is 1.78. The topological polar surface area (TPSA) is 43.1 Å². The number of hydrogen-bond acceptors (Lipinski definition) is 3. The van der Waals surface area contributed by atoms with Crippen LogP contribution in [0.5, 0.6) is 0 Å². The first-order chi connectivity index (χ1) is 9.29. The summed E-state index contributed by atoms with van der Waals surface area (Å²) in [5.74, 6) is 0.800. The molecular weight excluding hydrogens is 236 g/mol. The summed E-state index contributed by atoms with van der Waals surface area (Å²) in [7, 11) is 1.77. The van der Waals surface area contributed by atoms with E-state index in [0.717, 1.165) is 22.4 Å². The number of hydrogen-bond donors (Lipinski definition) is 0. The first kappa shape index (κ1) is 11.6. The smallest absolute Gasteiger partial charge is 0.158 e. The van der Waals surface area contributed by atoms with Gasteiger partial charge >= 0.3 is 0 Å². The van der Waals surface area contributed by atoms with Crippen molar-refractivity contribution in [3.8, 4) is 0 Å². The van der Waals surface area contributed by atoms with Gasteiger partial charge in [0.05, 0.1) is 5.52 Å². The molecule has 0 atom stereocenters. The van der Waals surface area contributed by atoms with Crippen molar-refractivity contribution in [2.75, 3.05) is 7.05 Å². The van der Waals surface area contributed by atoms with Gasteiger partial charge in [-0.2, -0.15) is 4.68 Å². The van der Waals surface area contributed by atoms with Crippen LogP contribution < -0.4 is 0 Å². The zero-order valence-electron chi connectivity index (χ0n) is 10.9. The van der Waals surface area contributed by atoms with Crippen LogP contribution in [0.1, 0.15) is 11.1 Å². The lowest BCUT2D eigenvalue weighted by Crippen LogP contribution is -2.15. The molecule has 19 heavy (non-hydrogen) atoms. The highest BCUT2D eigenvalue weighted by Gasteiger charge is 2.11. The van der Waals surface area contributed by atoms with Gasteiger partial charge in [-0.05, 0) is 19.1 Å². The number of aliphatic imine (C=N–C) groups is 1. The Hall–Kier alpha value is -2.49. The van der Waals surface area contributed by atoms with E-state index in [1.54, 1.807) is 11.7 Å². The second-order valence-electron chi connectivity index (χ2n) is 4.40. The van der Waals surface area contributed by atoms with Gasteiger partial charge in [0.1, 0.15) is 5.52 Å². The molecule has 0 bridgehead atoms. The molecule has 0 N–H and O–H groups in total. The lowest BCUT2D eigenvalue weighted by atomic mass is 10.1. The summed E-state index contributed by atoms with van der Waals surface area (Å²) in [5, 5.41) is 8.36. The maximum atomic E-state index is 4.36. The standard InChI is InChI=1S/C15H14N4/c1-11-7-9-12(10-8-11)15(16-2)19-14-6-4-3-5-13(14)17-18-19/h3-10H,1-2H3. The third-order valence-corrected chi connectivity index (χ3v) is 3.07. The van der Waals surface area contributed by atoms with Crippen LogP contribution in [0.15, 0.2) is 53.5 Å². The van der Waals surface area contributed by atoms with Gasteiger partial charge in [0, 0.05) is 12.6 Å². The van der Waals surface area contributed by atoms with E-state index in [9.17, 15) is 0 Å². The number of rotatable bonds is 1. The minimum Gasteiger partial charge on any atom is -0.270 e. The molecule has 3 rings (SSSR count). The van der Waals surface area contributed by atoms with Crippen molar-refractivity contribution in [1.29, 1.82) is 0 Å². The average Bonchev–Trinajstić information content (AvgIpc) is 2.86. The van der Waals surface area contributed by atoms with Gasteiger partial charge in [0.2, 0.25) is 0 Å². The molecule has 4 heteroatoms. The molecule has 1 aromatic heterocycles. The Bertz CT molecular complexity index is 738. The van der Waals surface area contributed by atoms with Crippen LogP contribution in [0, 0.1) is 6.92 Å². The molecule has 0 aliphatic heterocycles. The fourth-order valence-electron chi connectivity index (χ4n) is 2.07. The molecule has 0 radical (unpaired) electrons. The van der Waals surface area contributed by atoms with Crippen LogP contribution in [0.25, 0.3) is 11.0 Å². The molecule has 0 aliphatic rings. The molecule has 0 spiro atoms. The number of nitrogens with zero attached hydrogens (tertiary/aromatic N) is 4. The number of fused-ring (bicyclic) bond motifs is 1. The Kier molecular flexibility index (Phi) is 2.83. The van der Waals surface area contributed by atoms with Crippen LogP contribution in [-0.2, 0) is 0 Å². The fraction of sp³-hybridized carbons (Fsp3) is 0.133. The van der Waals surface area contributed by atoms with E-state index in [2.05, 4.69) is 34.4 Å². The second-order valence-corrected chi connectivity index (χ2v) is 4.40. The molecule has 94 valence electrons.